The molecule has 0 aliphatic rings. The summed E-state index contributed by atoms with van der Waals surface area (Å²) in [5.74, 6) is 5.52. The van der Waals surface area contributed by atoms with Gasteiger partial charge in [-0.2, -0.15) is 0 Å². The van der Waals surface area contributed by atoms with Gasteiger partial charge in [0.25, 0.3) is 0 Å². The molecule has 18 heavy (non-hydrogen) atoms. The van der Waals surface area contributed by atoms with Crippen LogP contribution in [0.4, 0.5) is 5.69 Å². The van der Waals surface area contributed by atoms with E-state index in [2.05, 4.69) is 11.5 Å². The van der Waals surface area contributed by atoms with Crippen molar-refractivity contribution in [3.05, 3.63) is 54.1 Å². The van der Waals surface area contributed by atoms with Crippen LogP contribution in [0.25, 0.3) is 21.5 Å². The van der Waals surface area contributed by atoms with Crippen molar-refractivity contribution in [2.45, 2.75) is 0 Å². The van der Waals surface area contributed by atoms with Crippen LogP contribution in [0.15, 0.2) is 48.5 Å². The summed E-state index contributed by atoms with van der Waals surface area (Å²) in [6, 6.07) is 15.7. The van der Waals surface area contributed by atoms with Crippen molar-refractivity contribution in [2.24, 2.45) is 5.84 Å². The number of aldehydes is 1. The molecule has 0 aromatic heterocycles. The van der Waals surface area contributed by atoms with Gasteiger partial charge < -0.3 is 5.43 Å². The van der Waals surface area contributed by atoms with Crippen LogP contribution in [-0.2, 0) is 0 Å². The lowest BCUT2D eigenvalue weighted by Crippen LogP contribution is -2.07. The van der Waals surface area contributed by atoms with E-state index < -0.39 is 0 Å². The van der Waals surface area contributed by atoms with E-state index in [0.717, 1.165) is 33.5 Å². The molecule has 0 saturated heterocycles. The summed E-state index contributed by atoms with van der Waals surface area (Å²) in [6.07, 6.45) is 0.894. The maximum atomic E-state index is 11.4. The van der Waals surface area contributed by atoms with Crippen LogP contribution in [0, 0.1) is 0 Å². The number of rotatable bonds is 2. The molecule has 3 nitrogen and oxygen atoms in total. The third-order valence-electron chi connectivity index (χ3n) is 3.20. The number of benzene rings is 3. The van der Waals surface area contributed by atoms with Gasteiger partial charge in [-0.15, -0.1) is 0 Å². The smallest absolute Gasteiger partial charge is 0.151 e. The van der Waals surface area contributed by atoms with E-state index in [1.165, 1.54) is 0 Å². The Kier molecular flexibility index (Phi) is 2.46. The van der Waals surface area contributed by atoms with E-state index in [4.69, 9.17) is 5.84 Å². The Labute approximate surface area is 104 Å². The van der Waals surface area contributed by atoms with Gasteiger partial charge in [0.05, 0.1) is 5.69 Å². The highest BCUT2D eigenvalue weighted by Gasteiger charge is 2.09. The second kappa shape index (κ2) is 4.13. The second-order valence-electron chi connectivity index (χ2n) is 4.18. The molecule has 3 aromatic carbocycles. The third kappa shape index (κ3) is 1.45. The number of carbonyl (C=O) groups excluding carboxylic acids is 1. The van der Waals surface area contributed by atoms with Gasteiger partial charge in [0.1, 0.15) is 0 Å². The van der Waals surface area contributed by atoms with Gasteiger partial charge in [-0.25, -0.2) is 0 Å². The van der Waals surface area contributed by atoms with E-state index in [9.17, 15) is 4.79 Å². The first kappa shape index (κ1) is 10.7. The Bertz CT molecular complexity index is 750. The van der Waals surface area contributed by atoms with Gasteiger partial charge in [-0.1, -0.05) is 36.4 Å². The number of carbonyl (C=O) groups is 1. The average molecular weight is 236 g/mol. The van der Waals surface area contributed by atoms with Gasteiger partial charge >= 0.3 is 0 Å². The number of nitrogen functional groups attached to an aromatic ring is 1. The van der Waals surface area contributed by atoms with E-state index in [1.54, 1.807) is 0 Å². The Morgan fingerprint density at radius 2 is 1.78 bits per heavy atom. The molecule has 3 heteroatoms. The van der Waals surface area contributed by atoms with E-state index >= 15 is 0 Å². The summed E-state index contributed by atoms with van der Waals surface area (Å²) in [5, 5.41) is 3.88. The molecule has 0 aliphatic heterocycles. The minimum absolute atomic E-state index is 0.677. The highest BCUT2D eigenvalue weighted by Crippen LogP contribution is 2.31. The van der Waals surface area contributed by atoms with E-state index in [0.29, 0.717) is 5.56 Å². The number of nitrogens with one attached hydrogen (secondary N) is 1. The van der Waals surface area contributed by atoms with Crippen molar-refractivity contribution in [3.8, 4) is 0 Å². The number of hydrogen-bond acceptors (Lipinski definition) is 3. The molecule has 3 aromatic rings. The monoisotopic (exact) mass is 236 g/mol. The zero-order valence-corrected chi connectivity index (χ0v) is 9.68. The molecule has 0 amide bonds. The Morgan fingerprint density at radius 1 is 1.00 bits per heavy atom. The summed E-state index contributed by atoms with van der Waals surface area (Å²) >= 11 is 0. The molecule has 0 radical (unpaired) electrons. The largest absolute Gasteiger partial charge is 0.323 e. The van der Waals surface area contributed by atoms with E-state index in [1.807, 2.05) is 42.5 Å². The van der Waals surface area contributed by atoms with Crippen LogP contribution >= 0.6 is 0 Å². The predicted octanol–water partition coefficient (Wildman–Crippen LogP) is 3.09. The third-order valence-corrected chi connectivity index (χ3v) is 3.20. The fourth-order valence-corrected chi connectivity index (χ4v) is 2.40. The molecule has 3 rings (SSSR count). The lowest BCUT2D eigenvalue weighted by molar-refractivity contribution is 0.112. The van der Waals surface area contributed by atoms with Gasteiger partial charge in [-0.05, 0) is 28.3 Å². The zero-order valence-electron chi connectivity index (χ0n) is 9.68. The number of hydrogen-bond donors (Lipinski definition) is 2. The highest BCUT2D eigenvalue weighted by molar-refractivity contribution is 6.16. The Hall–Kier alpha value is -2.39. The molecule has 0 aliphatic carbocycles. The standard InChI is InChI=1S/C15H12N2O/c16-17-14-7-3-5-11-8-10-4-1-2-6-12(10)13(9-18)15(11)14/h1-9,17H,16H2. The van der Waals surface area contributed by atoms with Gasteiger partial charge in [0, 0.05) is 10.9 Å². The van der Waals surface area contributed by atoms with Crippen LogP contribution in [-0.4, -0.2) is 6.29 Å². The molecular formula is C15H12N2O. The lowest BCUT2D eigenvalue weighted by atomic mass is 9.96. The fourth-order valence-electron chi connectivity index (χ4n) is 2.40. The maximum absolute atomic E-state index is 11.4. The van der Waals surface area contributed by atoms with Gasteiger partial charge in [0.15, 0.2) is 6.29 Å². The topological polar surface area (TPSA) is 55.1 Å². The number of nitrogens with two attached hydrogens (primary N) is 1. The number of anilines is 1. The summed E-state index contributed by atoms with van der Waals surface area (Å²) in [4.78, 5) is 11.4. The zero-order chi connectivity index (χ0) is 12.5. The first-order valence-corrected chi connectivity index (χ1v) is 5.71. The predicted molar refractivity (Wildman–Crippen MR) is 74.7 cm³/mol. The Morgan fingerprint density at radius 3 is 2.56 bits per heavy atom. The number of hydrazine groups is 1. The first-order valence-electron chi connectivity index (χ1n) is 5.71. The van der Waals surface area contributed by atoms with Gasteiger partial charge in [0.2, 0.25) is 0 Å². The molecule has 0 spiro atoms. The van der Waals surface area contributed by atoms with Crippen LogP contribution in [0.5, 0.6) is 0 Å². The minimum Gasteiger partial charge on any atom is -0.323 e. The normalized spacial score (nSPS) is 10.7. The summed E-state index contributed by atoms with van der Waals surface area (Å²) in [6.45, 7) is 0. The van der Waals surface area contributed by atoms with Crippen molar-refractivity contribution >= 4 is 33.5 Å². The van der Waals surface area contributed by atoms with E-state index in [-0.39, 0.29) is 0 Å². The molecule has 3 N–H and O–H groups in total. The Balaban J connectivity index is 2.59. The first-order chi connectivity index (χ1) is 8.85. The minimum atomic E-state index is 0.677. The van der Waals surface area contributed by atoms with Crippen molar-refractivity contribution in [3.63, 3.8) is 0 Å². The SMILES string of the molecule is NNc1cccc2cc3ccccc3c(C=O)c12. The van der Waals surface area contributed by atoms with Crippen LogP contribution in [0.2, 0.25) is 0 Å². The molecule has 0 atom stereocenters. The molecule has 0 saturated carbocycles. The average Bonchev–Trinajstić information content (AvgIpc) is 2.44. The van der Waals surface area contributed by atoms with Gasteiger partial charge in [-0.3, -0.25) is 10.6 Å². The molecule has 0 unspecified atom stereocenters. The molecule has 88 valence electrons. The number of fused-ring (bicyclic) bond motifs is 2. The molecule has 0 bridgehead atoms. The maximum Gasteiger partial charge on any atom is 0.151 e. The second-order valence-corrected chi connectivity index (χ2v) is 4.18. The quantitative estimate of drug-likeness (QED) is 0.311. The summed E-state index contributed by atoms with van der Waals surface area (Å²) in [5.41, 5.74) is 4.09. The summed E-state index contributed by atoms with van der Waals surface area (Å²) in [7, 11) is 0. The van der Waals surface area contributed by atoms with Crippen molar-refractivity contribution in [2.75, 3.05) is 5.43 Å². The molecular weight excluding hydrogens is 224 g/mol. The molecule has 0 heterocycles. The highest BCUT2D eigenvalue weighted by atomic mass is 16.1. The lowest BCUT2D eigenvalue weighted by Gasteiger charge is -2.10. The van der Waals surface area contributed by atoms with Crippen LogP contribution in [0.3, 0.4) is 0 Å². The summed E-state index contributed by atoms with van der Waals surface area (Å²) < 4.78 is 0. The fraction of sp³-hybridized carbons (Fsp3) is 0. The van der Waals surface area contributed by atoms with Crippen molar-refractivity contribution in [1.82, 2.24) is 0 Å². The van der Waals surface area contributed by atoms with Crippen LogP contribution in [0.1, 0.15) is 10.4 Å². The van der Waals surface area contributed by atoms with Crippen molar-refractivity contribution in [1.29, 1.82) is 0 Å². The van der Waals surface area contributed by atoms with Crippen LogP contribution < -0.4 is 11.3 Å². The molecule has 0 fully saturated rings. The van der Waals surface area contributed by atoms with Crippen molar-refractivity contribution < 1.29 is 4.79 Å².